The first-order valence-corrected chi connectivity index (χ1v) is 9.37. The molecule has 0 radical (unpaired) electrons. The van der Waals surface area contributed by atoms with Crippen LogP contribution in [0.15, 0.2) is 46.5 Å². The van der Waals surface area contributed by atoms with Gasteiger partial charge in [-0.25, -0.2) is 9.67 Å². The highest BCUT2D eigenvalue weighted by Crippen LogP contribution is 2.17. The lowest BCUT2D eigenvalue weighted by molar-refractivity contribution is 0.138. The quantitative estimate of drug-likeness (QED) is 0.380. The molecule has 1 aromatic carbocycles. The van der Waals surface area contributed by atoms with Crippen molar-refractivity contribution < 1.29 is 4.74 Å². The maximum absolute atomic E-state index is 12.3. The van der Waals surface area contributed by atoms with E-state index in [2.05, 4.69) is 28.9 Å². The van der Waals surface area contributed by atoms with Gasteiger partial charge in [-0.05, 0) is 24.5 Å². The molecule has 0 aliphatic carbocycles. The standard InChI is InChI=1S/C18H22N4O2S/c1-13(2)8-9-24-10-11-25-18-20-16-15(17(23)21-18)12-19-22(16)14-6-4-3-5-7-14/h3-7,12-13H,8-11H2,1-2H3,(H,20,21,23). The molecule has 7 heteroatoms. The number of para-hydroxylation sites is 1. The summed E-state index contributed by atoms with van der Waals surface area (Å²) in [7, 11) is 0. The van der Waals surface area contributed by atoms with Gasteiger partial charge in [-0.1, -0.05) is 43.8 Å². The van der Waals surface area contributed by atoms with E-state index in [1.165, 1.54) is 11.8 Å². The van der Waals surface area contributed by atoms with E-state index in [0.717, 1.165) is 24.5 Å². The molecule has 1 N–H and O–H groups in total. The Morgan fingerprint density at radius 1 is 1.24 bits per heavy atom. The van der Waals surface area contributed by atoms with Gasteiger partial charge in [-0.2, -0.15) is 5.10 Å². The third kappa shape index (κ3) is 4.49. The maximum Gasteiger partial charge on any atom is 0.262 e. The Labute approximate surface area is 150 Å². The van der Waals surface area contributed by atoms with Crippen molar-refractivity contribution in [1.29, 1.82) is 0 Å². The molecule has 3 rings (SSSR count). The van der Waals surface area contributed by atoms with Crippen molar-refractivity contribution in [3.63, 3.8) is 0 Å². The van der Waals surface area contributed by atoms with Gasteiger partial charge in [-0.3, -0.25) is 4.79 Å². The highest BCUT2D eigenvalue weighted by Gasteiger charge is 2.11. The van der Waals surface area contributed by atoms with Gasteiger partial charge in [0.1, 0.15) is 5.39 Å². The van der Waals surface area contributed by atoms with Crippen LogP contribution in [0.4, 0.5) is 0 Å². The molecule has 0 spiro atoms. The molecule has 132 valence electrons. The number of ether oxygens (including phenoxy) is 1. The van der Waals surface area contributed by atoms with Crippen molar-refractivity contribution in [2.24, 2.45) is 5.92 Å². The van der Waals surface area contributed by atoms with E-state index in [4.69, 9.17) is 4.74 Å². The number of aromatic nitrogens is 4. The summed E-state index contributed by atoms with van der Waals surface area (Å²) in [4.78, 5) is 19.6. The maximum atomic E-state index is 12.3. The summed E-state index contributed by atoms with van der Waals surface area (Å²) < 4.78 is 7.29. The normalized spacial score (nSPS) is 11.5. The fraction of sp³-hybridized carbons (Fsp3) is 0.389. The number of H-pyrrole nitrogens is 1. The Morgan fingerprint density at radius 2 is 2.04 bits per heavy atom. The Balaban J connectivity index is 1.71. The molecule has 25 heavy (non-hydrogen) atoms. The van der Waals surface area contributed by atoms with Gasteiger partial charge in [0.2, 0.25) is 0 Å². The molecule has 0 aliphatic rings. The molecule has 6 nitrogen and oxygen atoms in total. The van der Waals surface area contributed by atoms with Gasteiger partial charge < -0.3 is 9.72 Å². The largest absolute Gasteiger partial charge is 0.381 e. The van der Waals surface area contributed by atoms with Gasteiger partial charge in [0, 0.05) is 12.4 Å². The van der Waals surface area contributed by atoms with Crippen molar-refractivity contribution in [3.8, 4) is 5.69 Å². The third-order valence-electron chi connectivity index (χ3n) is 3.72. The SMILES string of the molecule is CC(C)CCOCCSc1nc2c(cnn2-c2ccccc2)c(=O)[nH]1. The first-order valence-electron chi connectivity index (χ1n) is 8.39. The van der Waals surface area contributed by atoms with Crippen LogP contribution in [0.3, 0.4) is 0 Å². The van der Waals surface area contributed by atoms with Crippen LogP contribution < -0.4 is 5.56 Å². The second kappa shape index (κ2) is 8.31. The van der Waals surface area contributed by atoms with Gasteiger partial charge in [0.15, 0.2) is 10.8 Å². The lowest BCUT2D eigenvalue weighted by Crippen LogP contribution is -2.10. The average molecular weight is 358 g/mol. The van der Waals surface area contributed by atoms with Crippen LogP contribution in [0.1, 0.15) is 20.3 Å². The van der Waals surface area contributed by atoms with Gasteiger partial charge in [0.25, 0.3) is 5.56 Å². The summed E-state index contributed by atoms with van der Waals surface area (Å²) in [6.07, 6.45) is 2.61. The minimum atomic E-state index is -0.171. The predicted octanol–water partition coefficient (Wildman–Crippen LogP) is 3.26. The molecular formula is C18H22N4O2S. The summed E-state index contributed by atoms with van der Waals surface area (Å²) in [5, 5.41) is 5.38. The van der Waals surface area contributed by atoms with Crippen molar-refractivity contribution in [3.05, 3.63) is 46.9 Å². The van der Waals surface area contributed by atoms with Crippen LogP contribution >= 0.6 is 11.8 Å². The lowest BCUT2D eigenvalue weighted by Gasteiger charge is -2.06. The van der Waals surface area contributed by atoms with Crippen LogP contribution in [0.5, 0.6) is 0 Å². The first-order chi connectivity index (χ1) is 12.1. The Morgan fingerprint density at radius 3 is 2.80 bits per heavy atom. The smallest absolute Gasteiger partial charge is 0.262 e. The van der Waals surface area contributed by atoms with E-state index in [-0.39, 0.29) is 5.56 Å². The fourth-order valence-electron chi connectivity index (χ4n) is 2.34. The highest BCUT2D eigenvalue weighted by molar-refractivity contribution is 7.99. The van der Waals surface area contributed by atoms with E-state index in [1.807, 2.05) is 30.3 Å². The van der Waals surface area contributed by atoms with E-state index in [1.54, 1.807) is 10.9 Å². The van der Waals surface area contributed by atoms with Crippen molar-refractivity contribution >= 4 is 22.8 Å². The average Bonchev–Trinajstić information content (AvgIpc) is 3.03. The molecule has 0 aliphatic heterocycles. The zero-order valence-electron chi connectivity index (χ0n) is 14.4. The molecule has 0 unspecified atom stereocenters. The monoisotopic (exact) mass is 358 g/mol. The summed E-state index contributed by atoms with van der Waals surface area (Å²) in [5.41, 5.74) is 1.28. The van der Waals surface area contributed by atoms with Gasteiger partial charge in [0.05, 0.1) is 18.5 Å². The molecule has 2 aromatic heterocycles. The summed E-state index contributed by atoms with van der Waals surface area (Å²) in [5.74, 6) is 1.39. The third-order valence-corrected chi connectivity index (χ3v) is 4.56. The number of thioether (sulfide) groups is 1. The Kier molecular flexibility index (Phi) is 5.88. The molecule has 0 fully saturated rings. The Bertz CT molecular complexity index is 874. The minimum absolute atomic E-state index is 0.171. The highest BCUT2D eigenvalue weighted by atomic mass is 32.2. The number of aromatic amines is 1. The van der Waals surface area contributed by atoms with E-state index >= 15 is 0 Å². The molecule has 0 bridgehead atoms. The Hall–Kier alpha value is -2.12. The van der Waals surface area contributed by atoms with Crippen molar-refractivity contribution in [1.82, 2.24) is 19.7 Å². The number of hydrogen-bond acceptors (Lipinski definition) is 5. The van der Waals surface area contributed by atoms with Crippen LogP contribution in [-0.2, 0) is 4.74 Å². The van der Waals surface area contributed by atoms with Gasteiger partial charge >= 0.3 is 0 Å². The molecule has 0 amide bonds. The molecule has 2 heterocycles. The fourth-order valence-corrected chi connectivity index (χ4v) is 3.05. The van der Waals surface area contributed by atoms with Crippen LogP contribution in [-0.4, -0.2) is 38.7 Å². The van der Waals surface area contributed by atoms with Crippen molar-refractivity contribution in [2.75, 3.05) is 19.0 Å². The number of rotatable bonds is 8. The molecule has 3 aromatic rings. The van der Waals surface area contributed by atoms with E-state index in [9.17, 15) is 4.79 Å². The zero-order chi connectivity index (χ0) is 17.6. The van der Waals surface area contributed by atoms with Crippen LogP contribution in [0.2, 0.25) is 0 Å². The number of benzene rings is 1. The number of fused-ring (bicyclic) bond motifs is 1. The number of nitrogens with one attached hydrogen (secondary N) is 1. The summed E-state index contributed by atoms with van der Waals surface area (Å²) in [6.45, 7) is 5.76. The topological polar surface area (TPSA) is 72.8 Å². The molecule has 0 saturated carbocycles. The second-order valence-corrected chi connectivity index (χ2v) is 7.23. The van der Waals surface area contributed by atoms with Crippen molar-refractivity contribution in [2.45, 2.75) is 25.4 Å². The molecular weight excluding hydrogens is 336 g/mol. The molecule has 0 atom stereocenters. The predicted molar refractivity (Wildman–Crippen MR) is 100 cm³/mol. The van der Waals surface area contributed by atoms with E-state index in [0.29, 0.717) is 28.7 Å². The zero-order valence-corrected chi connectivity index (χ0v) is 15.3. The number of nitrogens with zero attached hydrogens (tertiary/aromatic N) is 3. The van der Waals surface area contributed by atoms with Crippen LogP contribution in [0.25, 0.3) is 16.7 Å². The van der Waals surface area contributed by atoms with Gasteiger partial charge in [-0.15, -0.1) is 0 Å². The number of hydrogen-bond donors (Lipinski definition) is 1. The second-order valence-electron chi connectivity index (χ2n) is 6.14. The summed E-state index contributed by atoms with van der Waals surface area (Å²) >= 11 is 1.48. The van der Waals surface area contributed by atoms with Crippen LogP contribution in [0, 0.1) is 5.92 Å². The van der Waals surface area contributed by atoms with E-state index < -0.39 is 0 Å². The lowest BCUT2D eigenvalue weighted by atomic mass is 10.1. The summed E-state index contributed by atoms with van der Waals surface area (Å²) in [6, 6.07) is 9.67. The minimum Gasteiger partial charge on any atom is -0.381 e. The first kappa shape index (κ1) is 17.7. The molecule has 0 saturated heterocycles.